The lowest BCUT2D eigenvalue weighted by molar-refractivity contribution is -0.142. The van der Waals surface area contributed by atoms with Crippen molar-refractivity contribution >= 4 is 5.97 Å². The van der Waals surface area contributed by atoms with Crippen LogP contribution in [-0.2, 0) is 14.3 Å². The molecular weight excluding hydrogens is 170 g/mol. The summed E-state index contributed by atoms with van der Waals surface area (Å²) in [6.07, 6.45) is 1.63. The van der Waals surface area contributed by atoms with Gasteiger partial charge < -0.3 is 15.2 Å². The maximum Gasteiger partial charge on any atom is 0.322 e. The van der Waals surface area contributed by atoms with Gasteiger partial charge in [0, 0.05) is 6.61 Å². The normalized spacial score (nSPS) is 13.0. The van der Waals surface area contributed by atoms with Gasteiger partial charge in [0.15, 0.2) is 0 Å². The molecule has 0 heterocycles. The fourth-order valence-electron chi connectivity index (χ4n) is 0.892. The van der Waals surface area contributed by atoms with E-state index in [4.69, 9.17) is 10.5 Å². The molecule has 78 valence electrons. The minimum absolute atomic E-state index is 0.231. The van der Waals surface area contributed by atoms with Crippen LogP contribution < -0.4 is 5.73 Å². The van der Waals surface area contributed by atoms with Crippen LogP contribution in [0.5, 0.6) is 0 Å². The van der Waals surface area contributed by atoms with E-state index in [9.17, 15) is 4.79 Å². The maximum absolute atomic E-state index is 10.9. The lowest BCUT2D eigenvalue weighted by Crippen LogP contribution is -2.31. The molecule has 0 rings (SSSR count). The first kappa shape index (κ1) is 12.4. The van der Waals surface area contributed by atoms with Crippen molar-refractivity contribution in [3.05, 3.63) is 0 Å². The second-order valence-electron chi connectivity index (χ2n) is 3.19. The molecule has 0 saturated carbocycles. The van der Waals surface area contributed by atoms with E-state index >= 15 is 0 Å². The van der Waals surface area contributed by atoms with Crippen LogP contribution in [0.2, 0.25) is 0 Å². The van der Waals surface area contributed by atoms with Crippen LogP contribution in [0.1, 0.15) is 26.7 Å². The molecule has 0 aromatic rings. The summed E-state index contributed by atoms with van der Waals surface area (Å²) in [6, 6.07) is -0.513. The van der Waals surface area contributed by atoms with Gasteiger partial charge in [0.2, 0.25) is 0 Å². The van der Waals surface area contributed by atoms with E-state index in [-0.39, 0.29) is 12.1 Å². The van der Waals surface area contributed by atoms with Gasteiger partial charge in [0.05, 0.1) is 13.2 Å². The lowest BCUT2D eigenvalue weighted by Gasteiger charge is -2.10. The summed E-state index contributed by atoms with van der Waals surface area (Å²) in [4.78, 5) is 10.9. The van der Waals surface area contributed by atoms with E-state index in [0.717, 1.165) is 6.42 Å². The van der Waals surface area contributed by atoms with E-state index in [0.29, 0.717) is 13.0 Å². The van der Waals surface area contributed by atoms with E-state index in [2.05, 4.69) is 4.74 Å². The van der Waals surface area contributed by atoms with Gasteiger partial charge in [0.1, 0.15) is 6.04 Å². The maximum atomic E-state index is 10.9. The van der Waals surface area contributed by atoms with Crippen molar-refractivity contribution < 1.29 is 14.3 Å². The highest BCUT2D eigenvalue weighted by Gasteiger charge is 2.12. The molecule has 13 heavy (non-hydrogen) atoms. The number of carbonyl (C=O) groups is 1. The molecule has 0 aromatic heterocycles. The Morgan fingerprint density at radius 1 is 1.46 bits per heavy atom. The molecule has 4 heteroatoms. The quantitative estimate of drug-likeness (QED) is 0.493. The molecule has 0 bridgehead atoms. The largest absolute Gasteiger partial charge is 0.468 e. The topological polar surface area (TPSA) is 61.5 Å². The highest BCUT2D eigenvalue weighted by Crippen LogP contribution is 1.98. The van der Waals surface area contributed by atoms with Gasteiger partial charge in [-0.2, -0.15) is 0 Å². The monoisotopic (exact) mass is 189 g/mol. The number of esters is 1. The van der Waals surface area contributed by atoms with E-state index < -0.39 is 6.04 Å². The standard InChI is InChI=1S/C9H19NO3/c1-7(2)13-6-4-5-8(10)9(11)12-3/h7-8H,4-6,10H2,1-3H3. The van der Waals surface area contributed by atoms with Crippen molar-refractivity contribution in [3.8, 4) is 0 Å². The molecule has 4 nitrogen and oxygen atoms in total. The molecule has 2 N–H and O–H groups in total. The molecule has 0 aliphatic rings. The van der Waals surface area contributed by atoms with Crippen LogP contribution >= 0.6 is 0 Å². The zero-order chi connectivity index (χ0) is 10.3. The Balaban J connectivity index is 3.37. The van der Waals surface area contributed by atoms with Crippen molar-refractivity contribution in [2.45, 2.75) is 38.8 Å². The van der Waals surface area contributed by atoms with Crippen molar-refractivity contribution in [3.63, 3.8) is 0 Å². The molecule has 0 aliphatic heterocycles. The Kier molecular flexibility index (Phi) is 6.54. The summed E-state index contributed by atoms with van der Waals surface area (Å²) in [5.41, 5.74) is 5.51. The number of ether oxygens (including phenoxy) is 2. The molecule has 1 unspecified atom stereocenters. The van der Waals surface area contributed by atoms with E-state index in [1.165, 1.54) is 7.11 Å². The SMILES string of the molecule is COC(=O)C(N)CCCOC(C)C. The molecule has 1 atom stereocenters. The second-order valence-corrected chi connectivity index (χ2v) is 3.19. The summed E-state index contributed by atoms with van der Waals surface area (Å²) in [5.74, 6) is -0.357. The minimum atomic E-state index is -0.513. The van der Waals surface area contributed by atoms with Gasteiger partial charge in [-0.15, -0.1) is 0 Å². The first-order valence-electron chi connectivity index (χ1n) is 4.53. The number of hydrogen-bond donors (Lipinski definition) is 1. The lowest BCUT2D eigenvalue weighted by atomic mass is 10.2. The van der Waals surface area contributed by atoms with E-state index in [1.54, 1.807) is 0 Å². The summed E-state index contributed by atoms with van der Waals surface area (Å²) in [7, 11) is 1.34. The molecule has 0 spiro atoms. The van der Waals surface area contributed by atoms with Gasteiger partial charge in [-0.05, 0) is 26.7 Å². The fraction of sp³-hybridized carbons (Fsp3) is 0.889. The highest BCUT2D eigenvalue weighted by molar-refractivity contribution is 5.75. The van der Waals surface area contributed by atoms with Crippen LogP contribution in [0, 0.1) is 0 Å². The minimum Gasteiger partial charge on any atom is -0.468 e. The smallest absolute Gasteiger partial charge is 0.322 e. The van der Waals surface area contributed by atoms with E-state index in [1.807, 2.05) is 13.8 Å². The van der Waals surface area contributed by atoms with Crippen LogP contribution in [0.4, 0.5) is 0 Å². The average molecular weight is 189 g/mol. The third-order valence-electron chi connectivity index (χ3n) is 1.61. The summed E-state index contributed by atoms with van der Waals surface area (Å²) >= 11 is 0. The summed E-state index contributed by atoms with van der Waals surface area (Å²) < 4.78 is 9.78. The van der Waals surface area contributed by atoms with Crippen LogP contribution in [0.25, 0.3) is 0 Å². The Bertz CT molecular complexity index is 148. The Morgan fingerprint density at radius 3 is 2.54 bits per heavy atom. The molecule has 0 radical (unpaired) electrons. The van der Waals surface area contributed by atoms with Crippen LogP contribution in [0.15, 0.2) is 0 Å². The van der Waals surface area contributed by atoms with Gasteiger partial charge in [-0.1, -0.05) is 0 Å². The van der Waals surface area contributed by atoms with Gasteiger partial charge >= 0.3 is 5.97 Å². The van der Waals surface area contributed by atoms with Crippen molar-refractivity contribution in [2.24, 2.45) is 5.73 Å². The van der Waals surface area contributed by atoms with Crippen molar-refractivity contribution in [1.82, 2.24) is 0 Å². The first-order valence-corrected chi connectivity index (χ1v) is 4.53. The highest BCUT2D eigenvalue weighted by atomic mass is 16.5. The first-order chi connectivity index (χ1) is 6.07. The fourth-order valence-corrected chi connectivity index (χ4v) is 0.892. The Labute approximate surface area is 79.4 Å². The van der Waals surface area contributed by atoms with Crippen LogP contribution in [0.3, 0.4) is 0 Å². The summed E-state index contributed by atoms with van der Waals surface area (Å²) in [5, 5.41) is 0. The van der Waals surface area contributed by atoms with Gasteiger partial charge in [0.25, 0.3) is 0 Å². The third-order valence-corrected chi connectivity index (χ3v) is 1.61. The zero-order valence-corrected chi connectivity index (χ0v) is 8.58. The predicted molar refractivity (Wildman–Crippen MR) is 50.3 cm³/mol. The number of rotatable bonds is 6. The zero-order valence-electron chi connectivity index (χ0n) is 8.58. The molecular formula is C9H19NO3. The average Bonchev–Trinajstić information content (AvgIpc) is 2.10. The van der Waals surface area contributed by atoms with Gasteiger partial charge in [-0.25, -0.2) is 0 Å². The third kappa shape index (κ3) is 6.54. The number of carbonyl (C=O) groups excluding carboxylic acids is 1. The number of nitrogens with two attached hydrogens (primary N) is 1. The Hall–Kier alpha value is -0.610. The molecule has 0 saturated heterocycles. The molecule has 0 aromatic carbocycles. The van der Waals surface area contributed by atoms with Crippen LogP contribution in [-0.4, -0.2) is 31.8 Å². The molecule has 0 aliphatic carbocycles. The number of methoxy groups -OCH3 is 1. The molecule has 0 fully saturated rings. The molecule has 0 amide bonds. The second kappa shape index (κ2) is 6.86. The van der Waals surface area contributed by atoms with Crippen molar-refractivity contribution in [1.29, 1.82) is 0 Å². The number of hydrogen-bond acceptors (Lipinski definition) is 4. The predicted octanol–water partition coefficient (Wildman–Crippen LogP) is 0.692. The van der Waals surface area contributed by atoms with Crippen molar-refractivity contribution in [2.75, 3.05) is 13.7 Å². The summed E-state index contributed by atoms with van der Waals surface area (Å²) in [6.45, 7) is 4.59. The Morgan fingerprint density at radius 2 is 2.08 bits per heavy atom. The van der Waals surface area contributed by atoms with Gasteiger partial charge in [-0.3, -0.25) is 4.79 Å².